The standard InChI is InChI=1S/C13H26O4Si/c1-5-13(7-6-11-12(10-13)17-11)8-9-18(14-2,15-3)16-4/h11-12H,5-10H2,1-4H3. The van der Waals surface area contributed by atoms with Gasteiger partial charge in [-0.1, -0.05) is 13.3 Å². The Balaban J connectivity index is 1.93. The van der Waals surface area contributed by atoms with E-state index in [1.165, 1.54) is 25.7 Å². The first-order valence-electron chi connectivity index (χ1n) is 6.93. The zero-order valence-corrected chi connectivity index (χ0v) is 13.0. The molecule has 1 saturated carbocycles. The van der Waals surface area contributed by atoms with Crippen LogP contribution in [0.4, 0.5) is 0 Å². The molecule has 3 atom stereocenters. The molecule has 0 N–H and O–H groups in total. The highest BCUT2D eigenvalue weighted by Crippen LogP contribution is 2.51. The predicted molar refractivity (Wildman–Crippen MR) is 71.4 cm³/mol. The van der Waals surface area contributed by atoms with E-state index in [4.69, 9.17) is 18.0 Å². The van der Waals surface area contributed by atoms with Crippen molar-refractivity contribution in [2.75, 3.05) is 21.3 Å². The van der Waals surface area contributed by atoms with Crippen molar-refractivity contribution in [3.63, 3.8) is 0 Å². The molecule has 0 bridgehead atoms. The average Bonchev–Trinajstić information content (AvgIpc) is 3.19. The van der Waals surface area contributed by atoms with E-state index in [0.717, 1.165) is 12.5 Å². The Kier molecular flexibility index (Phi) is 4.49. The highest BCUT2D eigenvalue weighted by molar-refractivity contribution is 6.60. The number of hydrogen-bond acceptors (Lipinski definition) is 4. The first kappa shape index (κ1) is 14.5. The summed E-state index contributed by atoms with van der Waals surface area (Å²) in [6.45, 7) is 2.29. The van der Waals surface area contributed by atoms with Crippen LogP contribution in [0.15, 0.2) is 0 Å². The topological polar surface area (TPSA) is 40.2 Å². The molecular formula is C13H26O4Si. The Morgan fingerprint density at radius 2 is 1.83 bits per heavy atom. The molecule has 4 nitrogen and oxygen atoms in total. The van der Waals surface area contributed by atoms with E-state index >= 15 is 0 Å². The number of hydrogen-bond donors (Lipinski definition) is 0. The minimum Gasteiger partial charge on any atom is -0.377 e. The normalized spacial score (nSPS) is 35.3. The van der Waals surface area contributed by atoms with E-state index in [1.807, 2.05) is 0 Å². The van der Waals surface area contributed by atoms with Gasteiger partial charge in [0.25, 0.3) is 0 Å². The minimum absolute atomic E-state index is 0.408. The second-order valence-corrected chi connectivity index (χ2v) is 8.70. The van der Waals surface area contributed by atoms with E-state index < -0.39 is 8.80 Å². The maximum Gasteiger partial charge on any atom is 0.500 e. The molecule has 0 radical (unpaired) electrons. The van der Waals surface area contributed by atoms with Crippen LogP contribution in [0.25, 0.3) is 0 Å². The van der Waals surface area contributed by atoms with Gasteiger partial charge in [0.05, 0.1) is 12.2 Å². The second-order valence-electron chi connectivity index (χ2n) is 5.60. The van der Waals surface area contributed by atoms with Gasteiger partial charge in [0.2, 0.25) is 0 Å². The summed E-state index contributed by atoms with van der Waals surface area (Å²) < 4.78 is 22.2. The largest absolute Gasteiger partial charge is 0.500 e. The highest BCUT2D eigenvalue weighted by atomic mass is 28.4. The van der Waals surface area contributed by atoms with Crippen molar-refractivity contribution in [2.45, 2.75) is 57.3 Å². The lowest BCUT2D eigenvalue weighted by Gasteiger charge is -2.37. The van der Waals surface area contributed by atoms with Gasteiger partial charge < -0.3 is 18.0 Å². The molecule has 3 unspecified atom stereocenters. The summed E-state index contributed by atoms with van der Waals surface area (Å²) >= 11 is 0. The van der Waals surface area contributed by atoms with Crippen LogP contribution in [-0.2, 0) is 18.0 Å². The lowest BCUT2D eigenvalue weighted by molar-refractivity contribution is 0.109. The summed E-state index contributed by atoms with van der Waals surface area (Å²) in [5, 5.41) is 0. The molecule has 0 aromatic carbocycles. The maximum atomic E-state index is 5.66. The SMILES string of the molecule is CCC1(CC[Si](OC)(OC)OC)CCC2OC2C1. The quantitative estimate of drug-likeness (QED) is 0.528. The van der Waals surface area contributed by atoms with Crippen LogP contribution in [0, 0.1) is 5.41 Å². The predicted octanol–water partition coefficient (Wildman–Crippen LogP) is 2.60. The van der Waals surface area contributed by atoms with Gasteiger partial charge in [-0.15, -0.1) is 0 Å². The summed E-state index contributed by atoms with van der Waals surface area (Å²) in [5.74, 6) is 0. The molecule has 0 amide bonds. The van der Waals surface area contributed by atoms with E-state index in [0.29, 0.717) is 17.6 Å². The summed E-state index contributed by atoms with van der Waals surface area (Å²) in [6, 6.07) is 0.904. The number of rotatable bonds is 7. The van der Waals surface area contributed by atoms with Crippen LogP contribution in [0.3, 0.4) is 0 Å². The van der Waals surface area contributed by atoms with Crippen LogP contribution in [0.2, 0.25) is 6.04 Å². The van der Waals surface area contributed by atoms with E-state index in [1.54, 1.807) is 21.3 Å². The van der Waals surface area contributed by atoms with Gasteiger partial charge >= 0.3 is 8.80 Å². The lowest BCUT2D eigenvalue weighted by Crippen LogP contribution is -2.44. The molecule has 2 rings (SSSR count). The molecule has 1 saturated heterocycles. The molecular weight excluding hydrogens is 248 g/mol. The molecule has 18 heavy (non-hydrogen) atoms. The van der Waals surface area contributed by atoms with E-state index in [2.05, 4.69) is 6.92 Å². The van der Waals surface area contributed by atoms with Gasteiger partial charge in [-0.3, -0.25) is 0 Å². The highest BCUT2D eigenvalue weighted by Gasteiger charge is 2.51. The Morgan fingerprint density at radius 3 is 2.33 bits per heavy atom. The van der Waals surface area contributed by atoms with Crippen molar-refractivity contribution < 1.29 is 18.0 Å². The second kappa shape index (κ2) is 5.59. The van der Waals surface area contributed by atoms with Crippen molar-refractivity contribution in [1.29, 1.82) is 0 Å². The molecule has 2 aliphatic rings. The summed E-state index contributed by atoms with van der Waals surface area (Å²) in [6.07, 6.45) is 7.13. The summed E-state index contributed by atoms with van der Waals surface area (Å²) in [4.78, 5) is 0. The molecule has 5 heteroatoms. The summed E-state index contributed by atoms with van der Waals surface area (Å²) in [5.41, 5.74) is 0.408. The third-order valence-corrected chi connectivity index (χ3v) is 7.65. The molecule has 0 spiro atoms. The van der Waals surface area contributed by atoms with Crippen LogP contribution >= 0.6 is 0 Å². The lowest BCUT2D eigenvalue weighted by atomic mass is 9.70. The number of fused-ring (bicyclic) bond motifs is 1. The van der Waals surface area contributed by atoms with Crippen LogP contribution < -0.4 is 0 Å². The van der Waals surface area contributed by atoms with Gasteiger partial charge in [0, 0.05) is 27.4 Å². The van der Waals surface area contributed by atoms with Crippen LogP contribution in [0.1, 0.15) is 39.0 Å². The molecule has 106 valence electrons. The Bertz CT molecular complexity index is 274. The van der Waals surface area contributed by atoms with Crippen molar-refractivity contribution in [3.05, 3.63) is 0 Å². The molecule has 1 aliphatic carbocycles. The fourth-order valence-corrected chi connectivity index (χ4v) is 5.24. The van der Waals surface area contributed by atoms with E-state index in [-0.39, 0.29) is 0 Å². The Hall–Kier alpha value is 0.0569. The fraction of sp³-hybridized carbons (Fsp3) is 1.00. The third kappa shape index (κ3) is 2.80. The molecule has 2 fully saturated rings. The van der Waals surface area contributed by atoms with Gasteiger partial charge in [-0.2, -0.15) is 0 Å². The third-order valence-electron chi connectivity index (χ3n) is 4.93. The van der Waals surface area contributed by atoms with Crippen LogP contribution in [-0.4, -0.2) is 42.3 Å². The minimum atomic E-state index is -2.41. The van der Waals surface area contributed by atoms with Gasteiger partial charge in [-0.05, 0) is 31.1 Å². The van der Waals surface area contributed by atoms with Gasteiger partial charge in [-0.25, -0.2) is 0 Å². The van der Waals surface area contributed by atoms with E-state index in [9.17, 15) is 0 Å². The molecule has 1 heterocycles. The Morgan fingerprint density at radius 1 is 1.17 bits per heavy atom. The van der Waals surface area contributed by atoms with Crippen LogP contribution in [0.5, 0.6) is 0 Å². The fourth-order valence-electron chi connectivity index (χ4n) is 3.29. The summed E-state index contributed by atoms with van der Waals surface area (Å²) in [7, 11) is 2.67. The Labute approximate surface area is 111 Å². The molecule has 0 aromatic heterocycles. The smallest absolute Gasteiger partial charge is 0.377 e. The van der Waals surface area contributed by atoms with Gasteiger partial charge in [0.1, 0.15) is 0 Å². The van der Waals surface area contributed by atoms with Crippen molar-refractivity contribution in [1.82, 2.24) is 0 Å². The van der Waals surface area contributed by atoms with Crippen molar-refractivity contribution in [2.24, 2.45) is 5.41 Å². The molecule has 1 aliphatic heterocycles. The number of epoxide rings is 1. The maximum absolute atomic E-state index is 5.66. The van der Waals surface area contributed by atoms with Crippen molar-refractivity contribution >= 4 is 8.80 Å². The number of ether oxygens (including phenoxy) is 1. The zero-order valence-electron chi connectivity index (χ0n) is 12.0. The molecule has 0 aromatic rings. The first-order chi connectivity index (χ1) is 8.62. The zero-order chi connectivity index (χ0) is 13.2. The van der Waals surface area contributed by atoms with Crippen molar-refractivity contribution in [3.8, 4) is 0 Å². The first-order valence-corrected chi connectivity index (χ1v) is 8.87. The average molecular weight is 274 g/mol. The van der Waals surface area contributed by atoms with Gasteiger partial charge in [0.15, 0.2) is 0 Å². The monoisotopic (exact) mass is 274 g/mol.